The molecule has 0 aromatic heterocycles. The molecule has 22 heteroatoms. The number of likely N-dealkylation sites (N-methyl/N-ethyl adjacent to an activating group) is 2. The summed E-state index contributed by atoms with van der Waals surface area (Å²) in [5, 5.41) is 8.17. The molecule has 4 bridgehead atoms. The van der Waals surface area contributed by atoms with Crippen molar-refractivity contribution in [2.45, 2.75) is 203 Å². The molecular weight excluding hydrogens is 1120 g/mol. The van der Waals surface area contributed by atoms with Crippen molar-refractivity contribution in [3.8, 4) is 23.0 Å². The third kappa shape index (κ3) is 13.5. The number of Topliss-reactive ketones (excluding diaryl/α,β-unsaturated/α-hetero) is 4. The predicted octanol–water partition coefficient (Wildman–Crippen LogP) is 6.24. The van der Waals surface area contributed by atoms with Gasteiger partial charge in [-0.15, -0.1) is 0 Å². The lowest BCUT2D eigenvalue weighted by atomic mass is 9.52. The molecule has 5 amide bonds. The van der Waals surface area contributed by atoms with Crippen molar-refractivity contribution in [3.05, 3.63) is 46.5 Å². The number of nitrogens with zero attached hydrogens (tertiary/aromatic N) is 4. The second kappa shape index (κ2) is 27.0. The summed E-state index contributed by atoms with van der Waals surface area (Å²) in [4.78, 5) is 121. The van der Waals surface area contributed by atoms with Crippen LogP contribution in [0.2, 0.25) is 0 Å². The number of rotatable bonds is 23. The minimum Gasteiger partial charge on any atom is -0.477 e. The lowest BCUT2D eigenvalue weighted by Crippen LogP contribution is -2.65. The number of likely N-dealkylation sites (tertiary alicyclic amines) is 2. The number of carbonyl (C=O) groups is 9. The fraction of sp³-hybridized carbons (Fsp3) is 0.677. The highest BCUT2D eigenvalue weighted by Gasteiger charge is 2.67. The number of hydrogen-bond donors (Lipinski definition) is 4. The largest absolute Gasteiger partial charge is 0.477 e. The Hall–Kier alpha value is -6.65. The summed E-state index contributed by atoms with van der Waals surface area (Å²) < 4.78 is 29.7. The van der Waals surface area contributed by atoms with Gasteiger partial charge in [-0.1, -0.05) is 12.1 Å². The van der Waals surface area contributed by atoms with Crippen molar-refractivity contribution in [1.29, 1.82) is 0 Å². The first kappa shape index (κ1) is 64.8. The average Bonchev–Trinajstić information content (AvgIpc) is 1.60. The van der Waals surface area contributed by atoms with E-state index in [2.05, 4.69) is 39.8 Å². The van der Waals surface area contributed by atoms with Gasteiger partial charge in [0, 0.05) is 107 Å². The van der Waals surface area contributed by atoms with E-state index in [1.807, 2.05) is 12.1 Å². The van der Waals surface area contributed by atoms with Gasteiger partial charge in [-0.25, -0.2) is 14.4 Å². The molecule has 2 spiro atoms. The molecule has 2 unspecified atom stereocenters. The molecule has 2 saturated carbocycles. The molecule has 4 heterocycles. The fourth-order valence-corrected chi connectivity index (χ4v) is 15.6. The molecule has 0 radical (unpaired) electrons. The Morgan fingerprint density at radius 2 is 1.10 bits per heavy atom. The van der Waals surface area contributed by atoms with Crippen LogP contribution in [0.3, 0.4) is 0 Å². The number of nitrogens with one attached hydrogen (secondary N) is 3. The van der Waals surface area contributed by atoms with E-state index in [9.17, 15) is 43.2 Å². The first-order chi connectivity index (χ1) is 41.4. The Kier molecular flexibility index (Phi) is 20.1. The summed E-state index contributed by atoms with van der Waals surface area (Å²) in [5.74, 6) is 2.02. The van der Waals surface area contributed by atoms with Crippen LogP contribution in [0.5, 0.6) is 23.0 Å². The van der Waals surface area contributed by atoms with Gasteiger partial charge < -0.3 is 65.0 Å². The first-order valence-corrected chi connectivity index (χ1v) is 31.6. The molecule has 87 heavy (non-hydrogen) atoms. The van der Waals surface area contributed by atoms with Crippen molar-refractivity contribution in [3.63, 3.8) is 0 Å². The Morgan fingerprint density at radius 3 is 1.52 bits per heavy atom. The Balaban J connectivity index is 0.000000210. The number of amides is 5. The van der Waals surface area contributed by atoms with Crippen LogP contribution in [-0.4, -0.2) is 182 Å². The number of piperidine rings is 2. The topological polar surface area (TPSA) is 275 Å². The Labute approximate surface area is 511 Å². The molecule has 476 valence electrons. The molecule has 2 aromatic rings. The van der Waals surface area contributed by atoms with Crippen LogP contribution >= 0.6 is 0 Å². The zero-order valence-electron chi connectivity index (χ0n) is 52.5. The Bertz CT molecular complexity index is 2980. The normalized spacial score (nSPS) is 25.8. The van der Waals surface area contributed by atoms with Gasteiger partial charge in [0.25, 0.3) is 0 Å². The maximum atomic E-state index is 13.2. The van der Waals surface area contributed by atoms with Crippen molar-refractivity contribution in [2.24, 2.45) is 17.6 Å². The van der Waals surface area contributed by atoms with E-state index >= 15 is 0 Å². The zero-order chi connectivity index (χ0) is 62.7. The highest BCUT2D eigenvalue weighted by Crippen LogP contribution is 2.65. The minimum absolute atomic E-state index is 0.0530. The molecule has 2 aromatic carbocycles. The third-order valence-corrected chi connectivity index (χ3v) is 19.7. The summed E-state index contributed by atoms with van der Waals surface area (Å²) in [5.41, 5.74) is 8.78. The molecule has 8 aliphatic rings. The van der Waals surface area contributed by atoms with Crippen LogP contribution in [-0.2, 0) is 57.2 Å². The molecule has 10 rings (SSSR count). The SMILES string of the molecule is CC(=O)N[C@@H](CCCCN)C(=O)CCCN(C)C(=O)Oc1ccc2c3c1O[C@@H]1C(=O)CCC4[C@H](C2)N(C)CC[C@]341.CC(=O)N[C@@H](CCCCNC(=O)OC(C)(C)C)C(=O)CCCN(C)C(=O)Oc1ccc2c3c1O[C@@H]1C(=O)CCC4[C@H](C2)N(C)CC[C@]341. The lowest BCUT2D eigenvalue weighted by molar-refractivity contribution is -0.138. The van der Waals surface area contributed by atoms with Gasteiger partial charge >= 0.3 is 18.3 Å². The molecule has 4 aliphatic carbocycles. The maximum Gasteiger partial charge on any atom is 0.415 e. The van der Waals surface area contributed by atoms with Crippen molar-refractivity contribution in [2.75, 3.05) is 67.5 Å². The van der Waals surface area contributed by atoms with Crippen LogP contribution < -0.4 is 40.6 Å². The number of nitrogens with two attached hydrogens (primary N) is 1. The molecule has 10 atom stereocenters. The minimum atomic E-state index is -0.642. The summed E-state index contributed by atoms with van der Waals surface area (Å²) in [6, 6.07) is 7.20. The lowest BCUT2D eigenvalue weighted by Gasteiger charge is -2.57. The first-order valence-electron chi connectivity index (χ1n) is 31.6. The van der Waals surface area contributed by atoms with E-state index in [1.165, 1.54) is 34.8 Å². The summed E-state index contributed by atoms with van der Waals surface area (Å²) >= 11 is 0. The molecule has 2 saturated heterocycles. The second-order valence-corrected chi connectivity index (χ2v) is 26.6. The summed E-state index contributed by atoms with van der Waals surface area (Å²) in [7, 11) is 7.59. The van der Waals surface area contributed by atoms with Gasteiger partial charge in [0.05, 0.1) is 12.1 Å². The number of alkyl carbamates (subject to hydrolysis) is 1. The number of ether oxygens (including phenoxy) is 5. The number of ketones is 4. The van der Waals surface area contributed by atoms with Crippen molar-refractivity contribution < 1.29 is 66.8 Å². The maximum absolute atomic E-state index is 13.2. The highest BCUT2D eigenvalue weighted by atomic mass is 16.6. The summed E-state index contributed by atoms with van der Waals surface area (Å²) in [6.45, 7) is 11.5. The van der Waals surface area contributed by atoms with Gasteiger partial charge in [-0.3, -0.25) is 28.8 Å². The van der Waals surface area contributed by atoms with Gasteiger partial charge in [0.15, 0.2) is 58.3 Å². The average molecular weight is 1210 g/mol. The van der Waals surface area contributed by atoms with E-state index in [-0.39, 0.29) is 65.2 Å². The molecule has 22 nitrogen and oxygen atoms in total. The van der Waals surface area contributed by atoms with E-state index in [0.29, 0.717) is 118 Å². The highest BCUT2D eigenvalue weighted by molar-refractivity contribution is 5.91. The van der Waals surface area contributed by atoms with Gasteiger partial charge in [-0.2, -0.15) is 0 Å². The Morgan fingerprint density at radius 1 is 0.667 bits per heavy atom. The van der Waals surface area contributed by atoms with Crippen LogP contribution in [0.1, 0.15) is 160 Å². The van der Waals surface area contributed by atoms with Crippen LogP contribution in [0, 0.1) is 11.8 Å². The summed E-state index contributed by atoms with van der Waals surface area (Å²) in [6.07, 6.45) is 8.65. The fourth-order valence-electron chi connectivity index (χ4n) is 15.6. The second-order valence-electron chi connectivity index (χ2n) is 26.6. The molecular formula is C65H92N8O14. The van der Waals surface area contributed by atoms with Gasteiger partial charge in [-0.05, 0) is 179 Å². The number of hydrogen-bond acceptors (Lipinski definition) is 17. The van der Waals surface area contributed by atoms with E-state index < -0.39 is 48.2 Å². The number of carbonyl (C=O) groups excluding carboxylic acids is 9. The third-order valence-electron chi connectivity index (χ3n) is 19.7. The monoisotopic (exact) mass is 1210 g/mol. The standard InChI is InChI=1S/C35H50N4O8.C30H42N4O6/c1-21(40)37-24(10-7-8-17-36-32(43)47-34(2,3)4)26(41)11-9-18-39(6)33(44)45-28-15-12-22-20-25-23-13-14-27(42)31-35(23,16-19-38(25)5)29(22)30(28)46-31;1-18(35)32-21(7-4-5-14-31)23(36)8-6-15-34(3)29(38)39-25-12-9-19-17-22-20-10-11-24(37)28-30(20,13-16-33(22)2)26(19)27(25)40-28/h12,15,23-25,31H,7-11,13-14,16-20H2,1-6H3,(H,36,43)(H,37,40);9,12,20-22,28H,4-8,10-11,13-17,31H2,1-3H3,(H,32,35)/t23?,24-,25-,31+,35+;20?,21-,22-,28+,30+/m00/s1. The van der Waals surface area contributed by atoms with Crippen LogP contribution in [0.25, 0.3) is 0 Å². The van der Waals surface area contributed by atoms with E-state index in [4.69, 9.17) is 29.4 Å². The molecule has 4 aliphatic heterocycles. The smallest absolute Gasteiger partial charge is 0.415 e. The molecule has 4 fully saturated rings. The van der Waals surface area contributed by atoms with Gasteiger partial charge in [0.2, 0.25) is 11.8 Å². The van der Waals surface area contributed by atoms with E-state index in [1.54, 1.807) is 47.0 Å². The predicted molar refractivity (Wildman–Crippen MR) is 322 cm³/mol. The van der Waals surface area contributed by atoms with Crippen molar-refractivity contribution in [1.82, 2.24) is 35.6 Å². The van der Waals surface area contributed by atoms with Crippen LogP contribution in [0.4, 0.5) is 14.4 Å². The van der Waals surface area contributed by atoms with Crippen LogP contribution in [0.15, 0.2) is 24.3 Å². The van der Waals surface area contributed by atoms with E-state index in [0.717, 1.165) is 75.6 Å². The molecule has 5 N–H and O–H groups in total. The number of benzene rings is 2. The number of unbranched alkanes of at least 4 members (excludes halogenated alkanes) is 2. The quantitative estimate of drug-likeness (QED) is 0.0896. The van der Waals surface area contributed by atoms with Crippen molar-refractivity contribution >= 4 is 53.2 Å². The zero-order valence-corrected chi connectivity index (χ0v) is 52.5. The van der Waals surface area contributed by atoms with Gasteiger partial charge in [0.1, 0.15) is 5.60 Å².